The Bertz CT molecular complexity index is 1340. The van der Waals surface area contributed by atoms with Gasteiger partial charge in [-0.25, -0.2) is 9.97 Å². The minimum Gasteiger partial charge on any atom is -0.445 e. The number of hydrogen-bond acceptors (Lipinski definition) is 8. The van der Waals surface area contributed by atoms with Crippen molar-refractivity contribution in [1.82, 2.24) is 9.97 Å². The molecule has 4 rings (SSSR count). The summed E-state index contributed by atoms with van der Waals surface area (Å²) >= 11 is 0. The Morgan fingerprint density at radius 1 is 0.615 bits per heavy atom. The Balaban J connectivity index is 1.04. The van der Waals surface area contributed by atoms with E-state index >= 15 is 0 Å². The highest BCUT2D eigenvalue weighted by Gasteiger charge is 2.03. The summed E-state index contributed by atoms with van der Waals surface area (Å²) in [4.78, 5) is 8.80. The van der Waals surface area contributed by atoms with E-state index in [9.17, 15) is 0 Å². The molecule has 0 radical (unpaired) electrons. The van der Waals surface area contributed by atoms with Gasteiger partial charge >= 0.3 is 0 Å². The second-order valence-electron chi connectivity index (χ2n) is 8.65. The van der Waals surface area contributed by atoms with Crippen LogP contribution in [0.2, 0.25) is 0 Å². The molecular formula is C31H28N4O4. The zero-order valence-corrected chi connectivity index (χ0v) is 21.5. The lowest BCUT2D eigenvalue weighted by Crippen LogP contribution is -1.99. The average molecular weight is 521 g/mol. The third-order valence-electron chi connectivity index (χ3n) is 5.63. The molecule has 0 amide bonds. The second-order valence-corrected chi connectivity index (χ2v) is 8.65. The molecule has 0 saturated heterocycles. The van der Waals surface area contributed by atoms with E-state index < -0.39 is 0 Å². The van der Waals surface area contributed by atoms with Gasteiger partial charge in [-0.3, -0.25) is 0 Å². The SMILES string of the molecule is N#Cc1ccc(/C=C/c2nc(COCCCCCOCc3coc(/C=C/c4ccc(C#N)cc4)n3)co2)cc1. The highest BCUT2D eigenvalue weighted by molar-refractivity contribution is 5.67. The molecule has 0 saturated carbocycles. The van der Waals surface area contributed by atoms with Crippen molar-refractivity contribution < 1.29 is 18.3 Å². The molecule has 4 aromatic rings. The average Bonchev–Trinajstić information content (AvgIpc) is 3.64. The molecule has 0 spiro atoms. The van der Waals surface area contributed by atoms with E-state index in [0.29, 0.717) is 49.3 Å². The minimum atomic E-state index is 0.402. The topological polar surface area (TPSA) is 118 Å². The van der Waals surface area contributed by atoms with Crippen LogP contribution in [0, 0.1) is 22.7 Å². The maximum absolute atomic E-state index is 8.86. The van der Waals surface area contributed by atoms with Crippen LogP contribution in [0.3, 0.4) is 0 Å². The van der Waals surface area contributed by atoms with Crippen molar-refractivity contribution in [3.8, 4) is 12.1 Å². The number of oxazole rings is 2. The summed E-state index contributed by atoms with van der Waals surface area (Å²) in [7, 11) is 0. The molecule has 0 unspecified atom stereocenters. The molecule has 2 aromatic carbocycles. The van der Waals surface area contributed by atoms with Gasteiger partial charge in [-0.1, -0.05) is 24.3 Å². The van der Waals surface area contributed by atoms with Crippen molar-refractivity contribution in [2.24, 2.45) is 0 Å². The highest BCUT2D eigenvalue weighted by atomic mass is 16.5. The molecule has 0 aliphatic carbocycles. The smallest absolute Gasteiger partial charge is 0.218 e. The van der Waals surface area contributed by atoms with Crippen LogP contribution in [0.25, 0.3) is 24.3 Å². The van der Waals surface area contributed by atoms with Crippen molar-refractivity contribution in [2.45, 2.75) is 32.5 Å². The molecule has 39 heavy (non-hydrogen) atoms. The van der Waals surface area contributed by atoms with Crippen LogP contribution in [0.15, 0.2) is 69.9 Å². The van der Waals surface area contributed by atoms with Crippen LogP contribution in [-0.4, -0.2) is 23.2 Å². The Hall–Kier alpha value is -4.76. The molecule has 0 bridgehead atoms. The Morgan fingerprint density at radius 3 is 1.46 bits per heavy atom. The van der Waals surface area contributed by atoms with Gasteiger partial charge in [-0.05, 0) is 66.8 Å². The number of aromatic nitrogens is 2. The summed E-state index contributed by atoms with van der Waals surface area (Å²) in [6, 6.07) is 18.8. The minimum absolute atomic E-state index is 0.402. The molecule has 0 N–H and O–H groups in total. The Morgan fingerprint density at radius 2 is 1.05 bits per heavy atom. The summed E-state index contributed by atoms with van der Waals surface area (Å²) in [5, 5.41) is 17.7. The molecule has 2 heterocycles. The zero-order chi connectivity index (χ0) is 27.1. The van der Waals surface area contributed by atoms with E-state index in [1.54, 1.807) is 48.9 Å². The first-order chi connectivity index (χ1) is 19.2. The van der Waals surface area contributed by atoms with Crippen LogP contribution in [0.5, 0.6) is 0 Å². The summed E-state index contributed by atoms with van der Waals surface area (Å²) < 4.78 is 22.3. The number of ether oxygens (including phenoxy) is 2. The standard InChI is InChI=1S/C31H28N4O4/c32-18-26-8-4-24(5-9-26)12-14-30-34-28(22-38-30)20-36-16-2-1-3-17-37-21-29-23-39-31(35-29)15-13-25-6-10-27(19-33)11-7-25/h4-15,22-23H,1-3,16-17,20-21H2/b14-12+,15-13+. The van der Waals surface area contributed by atoms with Crippen LogP contribution in [0.1, 0.15) is 64.7 Å². The monoisotopic (exact) mass is 520 g/mol. The van der Waals surface area contributed by atoms with E-state index in [4.69, 9.17) is 28.8 Å². The quantitative estimate of drug-likeness (QED) is 0.170. The fraction of sp³-hybridized carbons (Fsp3) is 0.226. The fourth-order valence-corrected chi connectivity index (χ4v) is 3.54. The first kappa shape index (κ1) is 27.3. The highest BCUT2D eigenvalue weighted by Crippen LogP contribution is 2.12. The number of nitriles is 2. The first-order valence-corrected chi connectivity index (χ1v) is 12.6. The van der Waals surface area contributed by atoms with Gasteiger partial charge in [0.2, 0.25) is 11.8 Å². The normalized spacial score (nSPS) is 11.2. The van der Waals surface area contributed by atoms with Gasteiger partial charge in [0.25, 0.3) is 0 Å². The number of unbranched alkanes of at least 4 members (excludes halogenated alkanes) is 2. The number of rotatable bonds is 14. The van der Waals surface area contributed by atoms with Gasteiger partial charge in [0, 0.05) is 25.4 Å². The fourth-order valence-electron chi connectivity index (χ4n) is 3.54. The van der Waals surface area contributed by atoms with Crippen LogP contribution in [-0.2, 0) is 22.7 Å². The molecule has 0 aliphatic heterocycles. The van der Waals surface area contributed by atoms with Crippen molar-refractivity contribution in [1.29, 1.82) is 10.5 Å². The van der Waals surface area contributed by atoms with Crippen molar-refractivity contribution in [3.63, 3.8) is 0 Å². The van der Waals surface area contributed by atoms with E-state index in [2.05, 4.69) is 22.1 Å². The maximum atomic E-state index is 8.86. The van der Waals surface area contributed by atoms with Crippen molar-refractivity contribution >= 4 is 24.3 Å². The lowest BCUT2D eigenvalue weighted by Gasteiger charge is -2.03. The number of benzene rings is 2. The zero-order valence-electron chi connectivity index (χ0n) is 21.5. The largest absolute Gasteiger partial charge is 0.445 e. The first-order valence-electron chi connectivity index (χ1n) is 12.6. The van der Waals surface area contributed by atoms with Gasteiger partial charge in [0.1, 0.15) is 23.9 Å². The van der Waals surface area contributed by atoms with Crippen LogP contribution >= 0.6 is 0 Å². The van der Waals surface area contributed by atoms with Gasteiger partial charge in [-0.15, -0.1) is 0 Å². The summed E-state index contributed by atoms with van der Waals surface area (Å²) in [5.74, 6) is 1.02. The third-order valence-corrected chi connectivity index (χ3v) is 5.63. The molecular weight excluding hydrogens is 492 g/mol. The van der Waals surface area contributed by atoms with E-state index in [1.807, 2.05) is 36.4 Å². The van der Waals surface area contributed by atoms with Gasteiger partial charge in [0.15, 0.2) is 0 Å². The van der Waals surface area contributed by atoms with Crippen LogP contribution < -0.4 is 0 Å². The predicted octanol–water partition coefficient (Wildman–Crippen LogP) is 6.65. The van der Waals surface area contributed by atoms with E-state index in [0.717, 1.165) is 41.8 Å². The molecule has 2 aromatic heterocycles. The van der Waals surface area contributed by atoms with Gasteiger partial charge in [0.05, 0.1) is 36.5 Å². The summed E-state index contributed by atoms with van der Waals surface area (Å²) in [6.45, 7) is 2.08. The molecule has 8 nitrogen and oxygen atoms in total. The van der Waals surface area contributed by atoms with Crippen LogP contribution in [0.4, 0.5) is 0 Å². The second kappa shape index (κ2) is 14.8. The Kier molecular flexibility index (Phi) is 10.4. The van der Waals surface area contributed by atoms with E-state index in [1.165, 1.54) is 0 Å². The molecule has 0 fully saturated rings. The summed E-state index contributed by atoms with van der Waals surface area (Å²) in [6.07, 6.45) is 13.4. The van der Waals surface area contributed by atoms with E-state index in [-0.39, 0.29) is 0 Å². The van der Waals surface area contributed by atoms with Crippen molar-refractivity contribution in [2.75, 3.05) is 13.2 Å². The molecule has 0 atom stereocenters. The van der Waals surface area contributed by atoms with Crippen molar-refractivity contribution in [3.05, 3.63) is 106 Å². The number of hydrogen-bond donors (Lipinski definition) is 0. The Labute approximate surface area is 227 Å². The molecule has 196 valence electrons. The maximum Gasteiger partial charge on any atom is 0.218 e. The van der Waals surface area contributed by atoms with Gasteiger partial charge in [-0.2, -0.15) is 10.5 Å². The van der Waals surface area contributed by atoms with Gasteiger partial charge < -0.3 is 18.3 Å². The lowest BCUT2D eigenvalue weighted by molar-refractivity contribution is 0.0992. The lowest BCUT2D eigenvalue weighted by atomic mass is 10.1. The number of nitrogens with zero attached hydrogens (tertiary/aromatic N) is 4. The molecule has 0 aliphatic rings. The third kappa shape index (κ3) is 9.24. The predicted molar refractivity (Wildman–Crippen MR) is 146 cm³/mol. The summed E-state index contributed by atoms with van der Waals surface area (Å²) in [5.41, 5.74) is 4.68. The molecule has 8 heteroatoms.